The van der Waals surface area contributed by atoms with Crippen molar-refractivity contribution in [2.24, 2.45) is 0 Å². The lowest BCUT2D eigenvalue weighted by atomic mass is 10.0. The van der Waals surface area contributed by atoms with Gasteiger partial charge in [-0.3, -0.25) is 10.1 Å². The molecule has 27 heavy (non-hydrogen) atoms. The highest BCUT2D eigenvalue weighted by Crippen LogP contribution is 2.23. The van der Waals surface area contributed by atoms with Crippen molar-refractivity contribution in [1.29, 1.82) is 0 Å². The Morgan fingerprint density at radius 2 is 1.44 bits per heavy atom. The third kappa shape index (κ3) is 7.40. The van der Waals surface area contributed by atoms with E-state index < -0.39 is 17.7 Å². The van der Waals surface area contributed by atoms with Gasteiger partial charge < -0.3 is 15.2 Å². The molecule has 0 spiro atoms. The van der Waals surface area contributed by atoms with Crippen LogP contribution in [0.4, 0.5) is 16.2 Å². The third-order valence-corrected chi connectivity index (χ3v) is 3.64. The Balaban J connectivity index is 1.91. The summed E-state index contributed by atoms with van der Waals surface area (Å²) in [7, 11) is 0. The van der Waals surface area contributed by atoms with Crippen molar-refractivity contribution >= 4 is 23.4 Å². The summed E-state index contributed by atoms with van der Waals surface area (Å²) in [4.78, 5) is 22.3. The highest BCUT2D eigenvalue weighted by molar-refractivity contribution is 5.85. The van der Waals surface area contributed by atoms with Crippen molar-refractivity contribution in [3.05, 3.63) is 48.5 Å². The van der Waals surface area contributed by atoms with Gasteiger partial charge in [0.05, 0.1) is 0 Å². The number of carbonyl (C=O) groups excluding carboxylic acids is 1. The monoisotopic (exact) mass is 370 g/mol. The van der Waals surface area contributed by atoms with E-state index in [4.69, 9.17) is 9.84 Å². The van der Waals surface area contributed by atoms with Gasteiger partial charge in [-0.1, -0.05) is 24.3 Å². The van der Waals surface area contributed by atoms with Crippen molar-refractivity contribution in [3.8, 4) is 11.1 Å². The topological polar surface area (TPSA) is 87.7 Å². The highest BCUT2D eigenvalue weighted by atomic mass is 16.6. The second kappa shape index (κ2) is 9.07. The number of hydrogen-bond acceptors (Lipinski definition) is 4. The summed E-state index contributed by atoms with van der Waals surface area (Å²) < 4.78 is 5.23. The minimum atomic E-state index is -0.781. The third-order valence-electron chi connectivity index (χ3n) is 3.64. The van der Waals surface area contributed by atoms with Gasteiger partial charge in [0.2, 0.25) is 0 Å². The molecule has 2 rings (SSSR count). The number of rotatable bonds is 7. The maximum Gasteiger partial charge on any atom is 0.412 e. The van der Waals surface area contributed by atoms with Crippen molar-refractivity contribution in [1.82, 2.24) is 0 Å². The van der Waals surface area contributed by atoms with Crippen LogP contribution in [-0.2, 0) is 9.53 Å². The van der Waals surface area contributed by atoms with Crippen LogP contribution in [0.2, 0.25) is 0 Å². The molecule has 0 radical (unpaired) electrons. The van der Waals surface area contributed by atoms with Crippen LogP contribution in [0.3, 0.4) is 0 Å². The molecule has 0 bridgehead atoms. The quantitative estimate of drug-likeness (QED) is 0.599. The average molecular weight is 370 g/mol. The zero-order valence-corrected chi connectivity index (χ0v) is 15.9. The largest absolute Gasteiger partial charge is 0.481 e. The number of ether oxygens (including phenoxy) is 1. The maximum atomic E-state index is 11.8. The van der Waals surface area contributed by atoms with Crippen LogP contribution < -0.4 is 10.6 Å². The first-order valence-corrected chi connectivity index (χ1v) is 8.89. The molecule has 0 aliphatic rings. The van der Waals surface area contributed by atoms with Gasteiger partial charge in [0.25, 0.3) is 0 Å². The first-order chi connectivity index (χ1) is 12.7. The van der Waals surface area contributed by atoms with E-state index >= 15 is 0 Å². The van der Waals surface area contributed by atoms with Gasteiger partial charge in [0.15, 0.2) is 0 Å². The molecule has 0 aliphatic carbocycles. The summed E-state index contributed by atoms with van der Waals surface area (Å²) in [5.74, 6) is -0.781. The standard InChI is InChI=1S/C21H26N2O4/c1-21(2,3)27-20(26)23-18-12-8-16(9-13-18)15-6-10-17(11-7-15)22-14-4-5-19(24)25/h6-13,22H,4-5,14H2,1-3H3,(H,23,26)(H,24,25). The van der Waals surface area contributed by atoms with E-state index in [1.165, 1.54) is 0 Å². The Kier molecular flexibility index (Phi) is 6.82. The molecule has 0 unspecified atom stereocenters. The van der Waals surface area contributed by atoms with Gasteiger partial charge in [0, 0.05) is 24.3 Å². The van der Waals surface area contributed by atoms with E-state index in [1.807, 2.05) is 69.3 Å². The lowest BCUT2D eigenvalue weighted by Gasteiger charge is -2.19. The lowest BCUT2D eigenvalue weighted by molar-refractivity contribution is -0.137. The van der Waals surface area contributed by atoms with Gasteiger partial charge in [0.1, 0.15) is 5.60 Å². The molecule has 0 saturated heterocycles. The number of carbonyl (C=O) groups is 2. The molecule has 0 saturated carbocycles. The van der Waals surface area contributed by atoms with Crippen LogP contribution in [0.25, 0.3) is 11.1 Å². The molecule has 0 atom stereocenters. The number of anilines is 2. The summed E-state index contributed by atoms with van der Waals surface area (Å²) in [6, 6.07) is 15.4. The molecule has 2 aromatic carbocycles. The van der Waals surface area contributed by atoms with Gasteiger partial charge >= 0.3 is 12.1 Å². The van der Waals surface area contributed by atoms with Crippen LogP contribution in [0.1, 0.15) is 33.6 Å². The number of carboxylic acid groups (broad SMARTS) is 1. The highest BCUT2D eigenvalue weighted by Gasteiger charge is 2.16. The zero-order valence-electron chi connectivity index (χ0n) is 15.9. The fourth-order valence-corrected chi connectivity index (χ4v) is 2.42. The van der Waals surface area contributed by atoms with E-state index in [2.05, 4.69) is 10.6 Å². The second-order valence-electron chi connectivity index (χ2n) is 7.21. The first-order valence-electron chi connectivity index (χ1n) is 8.89. The van der Waals surface area contributed by atoms with Crippen LogP contribution in [0.15, 0.2) is 48.5 Å². The molecule has 0 heterocycles. The Morgan fingerprint density at radius 1 is 0.926 bits per heavy atom. The van der Waals surface area contributed by atoms with E-state index in [1.54, 1.807) is 0 Å². The van der Waals surface area contributed by atoms with Gasteiger partial charge in [-0.2, -0.15) is 0 Å². The Labute approximate surface area is 159 Å². The predicted octanol–water partition coefficient (Wildman–Crippen LogP) is 4.98. The molecule has 6 nitrogen and oxygen atoms in total. The van der Waals surface area contributed by atoms with Crippen LogP contribution in [0.5, 0.6) is 0 Å². The summed E-state index contributed by atoms with van der Waals surface area (Å²) in [5, 5.41) is 14.5. The van der Waals surface area contributed by atoms with E-state index in [-0.39, 0.29) is 6.42 Å². The molecule has 1 amide bonds. The van der Waals surface area contributed by atoms with Gasteiger partial charge in [-0.15, -0.1) is 0 Å². The van der Waals surface area contributed by atoms with E-state index in [0.29, 0.717) is 18.7 Å². The molecule has 3 N–H and O–H groups in total. The number of benzene rings is 2. The van der Waals surface area contributed by atoms with Crippen LogP contribution >= 0.6 is 0 Å². The summed E-state index contributed by atoms with van der Waals surface area (Å²) in [6.07, 6.45) is 0.270. The summed E-state index contributed by atoms with van der Waals surface area (Å²) in [5.41, 5.74) is 3.17. The summed E-state index contributed by atoms with van der Waals surface area (Å²) in [6.45, 7) is 6.08. The van der Waals surface area contributed by atoms with Crippen molar-refractivity contribution in [2.75, 3.05) is 17.2 Å². The van der Waals surface area contributed by atoms with Crippen molar-refractivity contribution in [3.63, 3.8) is 0 Å². The van der Waals surface area contributed by atoms with Crippen molar-refractivity contribution < 1.29 is 19.4 Å². The number of nitrogens with one attached hydrogen (secondary N) is 2. The van der Waals surface area contributed by atoms with Crippen LogP contribution in [-0.4, -0.2) is 29.3 Å². The van der Waals surface area contributed by atoms with Crippen LogP contribution in [0, 0.1) is 0 Å². The second-order valence-corrected chi connectivity index (χ2v) is 7.21. The number of aliphatic carboxylic acids is 1. The van der Waals surface area contributed by atoms with Gasteiger partial charge in [-0.05, 0) is 62.6 Å². The van der Waals surface area contributed by atoms with Gasteiger partial charge in [-0.25, -0.2) is 4.79 Å². The first kappa shape index (κ1) is 20.3. The van der Waals surface area contributed by atoms with Crippen molar-refractivity contribution in [2.45, 2.75) is 39.2 Å². The molecule has 0 aromatic heterocycles. The SMILES string of the molecule is CC(C)(C)OC(=O)Nc1ccc(-c2ccc(NCCCC(=O)O)cc2)cc1. The minimum Gasteiger partial charge on any atom is -0.481 e. The molecular weight excluding hydrogens is 344 g/mol. The number of hydrogen-bond donors (Lipinski definition) is 3. The molecular formula is C21H26N2O4. The summed E-state index contributed by atoms with van der Waals surface area (Å²) >= 11 is 0. The Hall–Kier alpha value is -3.02. The predicted molar refractivity (Wildman–Crippen MR) is 107 cm³/mol. The minimum absolute atomic E-state index is 0.161. The fraction of sp³-hybridized carbons (Fsp3) is 0.333. The maximum absolute atomic E-state index is 11.8. The smallest absolute Gasteiger partial charge is 0.412 e. The van der Waals surface area contributed by atoms with E-state index in [9.17, 15) is 9.59 Å². The molecule has 2 aromatic rings. The van der Waals surface area contributed by atoms with E-state index in [0.717, 1.165) is 16.8 Å². The Bertz CT molecular complexity index is 762. The normalized spacial score (nSPS) is 10.9. The lowest BCUT2D eigenvalue weighted by Crippen LogP contribution is -2.27. The molecule has 0 fully saturated rings. The average Bonchev–Trinajstić information content (AvgIpc) is 2.58. The zero-order chi connectivity index (χ0) is 19.9. The molecule has 0 aliphatic heterocycles. The number of carboxylic acids is 1. The Morgan fingerprint density at radius 3 is 1.93 bits per heavy atom. The number of amides is 1. The molecule has 144 valence electrons. The molecule has 6 heteroatoms. The fourth-order valence-electron chi connectivity index (χ4n) is 2.42.